The molecule has 1 N–H and O–H groups in total. The van der Waals surface area contributed by atoms with Crippen molar-refractivity contribution in [2.75, 3.05) is 18.0 Å². The van der Waals surface area contributed by atoms with Crippen molar-refractivity contribution in [1.82, 2.24) is 10.2 Å². The Morgan fingerprint density at radius 2 is 1.55 bits per heavy atom. The summed E-state index contributed by atoms with van der Waals surface area (Å²) < 4.78 is 33.9. The fourth-order valence-corrected chi connectivity index (χ4v) is 5.92. The van der Waals surface area contributed by atoms with Gasteiger partial charge < -0.3 is 15.0 Å². The molecule has 0 saturated carbocycles. The third-order valence-corrected chi connectivity index (χ3v) is 8.72. The van der Waals surface area contributed by atoms with Crippen molar-refractivity contribution in [2.24, 2.45) is 0 Å². The number of anilines is 1. The van der Waals surface area contributed by atoms with Crippen molar-refractivity contribution in [3.8, 4) is 5.75 Å². The monoisotopic (exact) mass is 585 g/mol. The van der Waals surface area contributed by atoms with E-state index in [0.717, 1.165) is 16.3 Å². The number of para-hydroxylation sites is 1. The predicted molar refractivity (Wildman–Crippen MR) is 158 cm³/mol. The molecule has 0 heterocycles. The lowest BCUT2D eigenvalue weighted by Gasteiger charge is -2.34. The molecule has 0 unspecified atom stereocenters. The summed E-state index contributed by atoms with van der Waals surface area (Å²) in [5, 5.41) is 3.14. The number of carbonyl (C=O) groups excluding carboxylic acids is 2. The molecule has 0 aliphatic heterocycles. The van der Waals surface area contributed by atoms with Crippen LogP contribution in [-0.2, 0) is 26.2 Å². The third-order valence-electron chi connectivity index (χ3n) is 6.63. The molecule has 3 aromatic rings. The number of hydrogen-bond acceptors (Lipinski definition) is 5. The van der Waals surface area contributed by atoms with Gasteiger partial charge in [0.2, 0.25) is 11.8 Å². The average Bonchev–Trinajstić information content (AvgIpc) is 2.96. The first-order chi connectivity index (χ1) is 19.1. The highest BCUT2D eigenvalue weighted by atomic mass is 35.5. The summed E-state index contributed by atoms with van der Waals surface area (Å²) in [6.07, 6.45) is 1.06. The maximum Gasteiger partial charge on any atom is 0.264 e. The molecule has 10 heteroatoms. The highest BCUT2D eigenvalue weighted by Crippen LogP contribution is 2.31. The summed E-state index contributed by atoms with van der Waals surface area (Å²) >= 11 is 6.44. The van der Waals surface area contributed by atoms with E-state index >= 15 is 0 Å². The molecule has 214 valence electrons. The highest BCUT2D eigenvalue weighted by molar-refractivity contribution is 7.92. The van der Waals surface area contributed by atoms with Crippen molar-refractivity contribution in [2.45, 2.75) is 57.1 Å². The second-order valence-electron chi connectivity index (χ2n) is 9.39. The minimum atomic E-state index is -4.18. The van der Waals surface area contributed by atoms with Crippen LogP contribution in [0.3, 0.4) is 0 Å². The fraction of sp³-hybridized carbons (Fsp3) is 0.333. The molecule has 0 aromatic heterocycles. The Bertz CT molecular complexity index is 1380. The van der Waals surface area contributed by atoms with Crippen LogP contribution in [-0.4, -0.2) is 50.9 Å². The van der Waals surface area contributed by atoms with Gasteiger partial charge in [-0.05, 0) is 61.7 Å². The second-order valence-corrected chi connectivity index (χ2v) is 11.7. The van der Waals surface area contributed by atoms with E-state index in [4.69, 9.17) is 16.3 Å². The van der Waals surface area contributed by atoms with E-state index < -0.39 is 28.5 Å². The van der Waals surface area contributed by atoms with Crippen LogP contribution in [0.15, 0.2) is 83.8 Å². The number of carbonyl (C=O) groups is 2. The summed E-state index contributed by atoms with van der Waals surface area (Å²) in [5.74, 6) is -0.183. The van der Waals surface area contributed by atoms with Crippen LogP contribution < -0.4 is 14.4 Å². The summed E-state index contributed by atoms with van der Waals surface area (Å²) in [5.41, 5.74) is 0.932. The van der Waals surface area contributed by atoms with E-state index in [0.29, 0.717) is 12.2 Å². The molecule has 0 aliphatic rings. The number of rotatable bonds is 13. The van der Waals surface area contributed by atoms with Crippen LogP contribution >= 0.6 is 11.6 Å². The number of nitrogens with zero attached hydrogens (tertiary/aromatic N) is 2. The first-order valence-electron chi connectivity index (χ1n) is 13.2. The van der Waals surface area contributed by atoms with Gasteiger partial charge in [-0.2, -0.15) is 0 Å². The Morgan fingerprint density at radius 3 is 2.12 bits per heavy atom. The minimum Gasteiger partial charge on any atom is -0.497 e. The molecule has 0 saturated heterocycles. The Morgan fingerprint density at radius 1 is 0.925 bits per heavy atom. The Labute approximate surface area is 241 Å². The average molecular weight is 586 g/mol. The van der Waals surface area contributed by atoms with Gasteiger partial charge in [-0.3, -0.25) is 13.9 Å². The summed E-state index contributed by atoms with van der Waals surface area (Å²) in [6, 6.07) is 20.6. The van der Waals surface area contributed by atoms with Gasteiger partial charge >= 0.3 is 0 Å². The molecule has 40 heavy (non-hydrogen) atoms. The number of ether oxygens (including phenoxy) is 1. The number of methoxy groups -OCH3 is 1. The van der Waals surface area contributed by atoms with Crippen molar-refractivity contribution >= 4 is 39.1 Å². The lowest BCUT2D eigenvalue weighted by molar-refractivity contribution is -0.140. The first-order valence-corrected chi connectivity index (χ1v) is 15.0. The first kappa shape index (κ1) is 31.0. The van der Waals surface area contributed by atoms with Gasteiger partial charge in [0, 0.05) is 12.6 Å². The summed E-state index contributed by atoms with van der Waals surface area (Å²) in [4.78, 5) is 28.9. The van der Waals surface area contributed by atoms with E-state index in [9.17, 15) is 18.0 Å². The van der Waals surface area contributed by atoms with Crippen LogP contribution in [0, 0.1) is 0 Å². The van der Waals surface area contributed by atoms with E-state index in [2.05, 4.69) is 5.32 Å². The number of hydrogen-bond donors (Lipinski definition) is 1. The van der Waals surface area contributed by atoms with E-state index in [-0.39, 0.29) is 34.1 Å². The van der Waals surface area contributed by atoms with Gasteiger partial charge in [0.1, 0.15) is 18.3 Å². The molecule has 0 bridgehead atoms. The quantitative estimate of drug-likeness (QED) is 0.295. The lowest BCUT2D eigenvalue weighted by atomic mass is 10.1. The molecule has 0 fully saturated rings. The number of sulfonamides is 1. The van der Waals surface area contributed by atoms with Crippen LogP contribution in [0.5, 0.6) is 5.75 Å². The van der Waals surface area contributed by atoms with Crippen molar-refractivity contribution < 1.29 is 22.7 Å². The SMILES string of the molecule is CC[C@H](C(=O)N[C@@H](C)CC)N(Cc1ccc(OC)cc1)C(=O)CN(c1ccccc1Cl)S(=O)(=O)c1ccccc1. The Kier molecular flexibility index (Phi) is 11.0. The van der Waals surface area contributed by atoms with E-state index in [1.54, 1.807) is 61.7 Å². The van der Waals surface area contributed by atoms with Gasteiger partial charge in [0.25, 0.3) is 10.0 Å². The number of amides is 2. The van der Waals surface area contributed by atoms with Crippen LogP contribution in [0.4, 0.5) is 5.69 Å². The molecule has 0 aliphatic carbocycles. The van der Waals surface area contributed by atoms with Crippen LogP contribution in [0.1, 0.15) is 39.2 Å². The Hall–Kier alpha value is -3.56. The van der Waals surface area contributed by atoms with Gasteiger partial charge in [0.15, 0.2) is 0 Å². The van der Waals surface area contributed by atoms with Gasteiger partial charge in [-0.15, -0.1) is 0 Å². The Balaban J connectivity index is 2.05. The highest BCUT2D eigenvalue weighted by Gasteiger charge is 2.34. The summed E-state index contributed by atoms with van der Waals surface area (Å²) in [7, 11) is -2.62. The molecule has 3 aromatic carbocycles. The smallest absolute Gasteiger partial charge is 0.264 e. The molecule has 8 nitrogen and oxygen atoms in total. The number of halogens is 1. The molecule has 2 atom stereocenters. The fourth-order valence-electron chi connectivity index (χ4n) is 4.18. The molecule has 0 radical (unpaired) electrons. The van der Waals surface area contributed by atoms with Crippen molar-refractivity contribution in [1.29, 1.82) is 0 Å². The topological polar surface area (TPSA) is 96.0 Å². The summed E-state index contributed by atoms with van der Waals surface area (Å²) in [6.45, 7) is 5.22. The van der Waals surface area contributed by atoms with E-state index in [1.807, 2.05) is 32.9 Å². The molecular formula is C30H36ClN3O5S. The zero-order valence-electron chi connectivity index (χ0n) is 23.2. The molecular weight excluding hydrogens is 550 g/mol. The van der Waals surface area contributed by atoms with Gasteiger partial charge in [-0.1, -0.05) is 67.9 Å². The normalized spacial score (nSPS) is 12.7. The maximum absolute atomic E-state index is 14.1. The largest absolute Gasteiger partial charge is 0.497 e. The van der Waals surface area contributed by atoms with Crippen LogP contribution in [0.25, 0.3) is 0 Å². The van der Waals surface area contributed by atoms with Gasteiger partial charge in [0.05, 0.1) is 22.7 Å². The lowest BCUT2D eigenvalue weighted by Crippen LogP contribution is -2.53. The third kappa shape index (κ3) is 7.55. The van der Waals surface area contributed by atoms with Crippen LogP contribution in [0.2, 0.25) is 5.02 Å². The number of benzene rings is 3. The second kappa shape index (κ2) is 14.2. The maximum atomic E-state index is 14.1. The van der Waals surface area contributed by atoms with E-state index in [1.165, 1.54) is 17.0 Å². The zero-order chi connectivity index (χ0) is 29.3. The minimum absolute atomic E-state index is 0.0194. The number of nitrogens with one attached hydrogen (secondary N) is 1. The molecule has 2 amide bonds. The van der Waals surface area contributed by atoms with Gasteiger partial charge in [-0.25, -0.2) is 8.42 Å². The molecule has 3 rings (SSSR count). The van der Waals surface area contributed by atoms with Crippen molar-refractivity contribution in [3.05, 3.63) is 89.4 Å². The predicted octanol–water partition coefficient (Wildman–Crippen LogP) is 5.27. The zero-order valence-corrected chi connectivity index (χ0v) is 24.8. The molecule has 0 spiro atoms. The standard InChI is InChI=1S/C30H36ClN3O5S/c1-5-22(3)32-30(36)27(6-2)33(20-23-16-18-24(39-4)19-17-23)29(35)21-34(28-15-11-10-14-26(28)31)40(37,38)25-12-8-7-9-13-25/h7-19,22,27H,5-6,20-21H2,1-4H3,(H,32,36)/t22-,27+/m0/s1. The van der Waals surface area contributed by atoms with Crippen molar-refractivity contribution in [3.63, 3.8) is 0 Å².